The maximum absolute atomic E-state index is 2.51. The van der Waals surface area contributed by atoms with E-state index < -0.39 is 0 Å². The summed E-state index contributed by atoms with van der Waals surface area (Å²) in [4.78, 5) is 0. The van der Waals surface area contributed by atoms with Crippen LogP contribution >= 0.6 is 0 Å². The zero-order chi connectivity index (χ0) is 24.0. The molecule has 0 heteroatoms. The standard InChI is InChI=1S/C31H48/c1-21(22-14-16-24(17-15-22)28(2,3)4)18-23-19-25(29(5,6)7)20-26(30(8,9)10)27(23)31(11,12)13/h14-17,19-21H,18H2,1-13H3. The molecule has 2 rings (SSSR count). The predicted molar refractivity (Wildman–Crippen MR) is 140 cm³/mol. The van der Waals surface area contributed by atoms with Crippen LogP contribution < -0.4 is 0 Å². The van der Waals surface area contributed by atoms with Crippen molar-refractivity contribution < 1.29 is 0 Å². The summed E-state index contributed by atoms with van der Waals surface area (Å²) < 4.78 is 0. The molecule has 0 bridgehead atoms. The van der Waals surface area contributed by atoms with E-state index in [9.17, 15) is 0 Å². The van der Waals surface area contributed by atoms with Crippen LogP contribution in [0.2, 0.25) is 0 Å². The Morgan fingerprint density at radius 2 is 1.06 bits per heavy atom. The van der Waals surface area contributed by atoms with Crippen molar-refractivity contribution in [1.82, 2.24) is 0 Å². The van der Waals surface area contributed by atoms with E-state index in [0.29, 0.717) is 5.92 Å². The molecule has 0 aliphatic heterocycles. The first-order chi connectivity index (χ1) is 13.8. The molecule has 0 saturated heterocycles. The molecule has 0 radical (unpaired) electrons. The van der Waals surface area contributed by atoms with Gasteiger partial charge in [0.1, 0.15) is 0 Å². The lowest BCUT2D eigenvalue weighted by Gasteiger charge is -2.35. The van der Waals surface area contributed by atoms with Crippen LogP contribution in [0, 0.1) is 0 Å². The highest BCUT2D eigenvalue weighted by Crippen LogP contribution is 2.41. The van der Waals surface area contributed by atoms with Crippen LogP contribution in [0.3, 0.4) is 0 Å². The van der Waals surface area contributed by atoms with Crippen LogP contribution in [0.1, 0.15) is 129 Å². The average molecular weight is 421 g/mol. The molecule has 0 nitrogen and oxygen atoms in total. The molecular formula is C31H48. The maximum atomic E-state index is 2.51. The summed E-state index contributed by atoms with van der Waals surface area (Å²) in [5, 5.41) is 0. The summed E-state index contributed by atoms with van der Waals surface area (Å²) in [5.74, 6) is 0.484. The second-order valence-electron chi connectivity index (χ2n) is 13.8. The molecule has 0 amide bonds. The van der Waals surface area contributed by atoms with Gasteiger partial charge >= 0.3 is 0 Å². The van der Waals surface area contributed by atoms with Gasteiger partial charge in [-0.1, -0.05) is 126 Å². The molecule has 0 saturated carbocycles. The van der Waals surface area contributed by atoms with Crippen molar-refractivity contribution in [2.75, 3.05) is 0 Å². The number of benzene rings is 2. The summed E-state index contributed by atoms with van der Waals surface area (Å²) in [6.07, 6.45) is 1.08. The van der Waals surface area contributed by atoms with Gasteiger partial charge in [-0.2, -0.15) is 0 Å². The van der Waals surface area contributed by atoms with Crippen molar-refractivity contribution >= 4 is 0 Å². The van der Waals surface area contributed by atoms with Crippen molar-refractivity contribution in [2.45, 2.75) is 124 Å². The Balaban J connectivity index is 2.60. The first-order valence-corrected chi connectivity index (χ1v) is 12.1. The Morgan fingerprint density at radius 1 is 0.581 bits per heavy atom. The molecule has 0 fully saturated rings. The lowest BCUT2D eigenvalue weighted by atomic mass is 9.69. The van der Waals surface area contributed by atoms with Crippen LogP contribution in [-0.4, -0.2) is 0 Å². The second-order valence-corrected chi connectivity index (χ2v) is 13.8. The lowest BCUT2D eigenvalue weighted by molar-refractivity contribution is 0.514. The van der Waals surface area contributed by atoms with Gasteiger partial charge in [-0.15, -0.1) is 0 Å². The summed E-state index contributed by atoms with van der Waals surface area (Å²) in [5.41, 5.74) is 9.46. The van der Waals surface area contributed by atoms with E-state index in [4.69, 9.17) is 0 Å². The van der Waals surface area contributed by atoms with E-state index in [0.717, 1.165) is 6.42 Å². The summed E-state index contributed by atoms with van der Waals surface area (Å²) in [7, 11) is 0. The minimum atomic E-state index is 0.115. The molecule has 0 heterocycles. The van der Waals surface area contributed by atoms with Gasteiger partial charge in [0.05, 0.1) is 0 Å². The fourth-order valence-corrected chi connectivity index (χ4v) is 4.53. The molecule has 0 aliphatic carbocycles. The number of hydrogen-bond donors (Lipinski definition) is 0. The predicted octanol–water partition coefficient (Wildman–Crippen LogP) is 9.22. The first-order valence-electron chi connectivity index (χ1n) is 12.1. The fraction of sp³-hybridized carbons (Fsp3) is 0.613. The molecular weight excluding hydrogens is 372 g/mol. The van der Waals surface area contributed by atoms with Crippen molar-refractivity contribution in [3.63, 3.8) is 0 Å². The zero-order valence-corrected chi connectivity index (χ0v) is 22.7. The Labute approximate surface area is 193 Å². The van der Waals surface area contributed by atoms with Gasteiger partial charge in [0.15, 0.2) is 0 Å². The Kier molecular flexibility index (Phi) is 6.98. The van der Waals surface area contributed by atoms with Gasteiger partial charge in [0, 0.05) is 0 Å². The third-order valence-electron chi connectivity index (χ3n) is 6.52. The van der Waals surface area contributed by atoms with Gasteiger partial charge in [-0.3, -0.25) is 0 Å². The molecule has 2 aromatic carbocycles. The summed E-state index contributed by atoms with van der Waals surface area (Å²) >= 11 is 0. The number of rotatable bonds is 3. The summed E-state index contributed by atoms with van der Waals surface area (Å²) in [6.45, 7) is 30.5. The van der Waals surface area contributed by atoms with Gasteiger partial charge in [-0.05, 0) is 67.4 Å². The van der Waals surface area contributed by atoms with E-state index in [1.807, 2.05) is 0 Å². The quantitative estimate of drug-likeness (QED) is 0.464. The molecule has 31 heavy (non-hydrogen) atoms. The molecule has 1 unspecified atom stereocenters. The molecule has 0 spiro atoms. The van der Waals surface area contributed by atoms with Crippen LogP contribution in [-0.2, 0) is 28.1 Å². The normalized spacial score (nSPS) is 14.6. The van der Waals surface area contributed by atoms with Gasteiger partial charge < -0.3 is 0 Å². The highest BCUT2D eigenvalue weighted by molar-refractivity contribution is 5.49. The van der Waals surface area contributed by atoms with Crippen LogP contribution in [0.5, 0.6) is 0 Å². The fourth-order valence-electron chi connectivity index (χ4n) is 4.53. The van der Waals surface area contributed by atoms with Crippen LogP contribution in [0.15, 0.2) is 36.4 Å². The third-order valence-corrected chi connectivity index (χ3v) is 6.52. The minimum absolute atomic E-state index is 0.115. The first kappa shape index (κ1) is 25.7. The Hall–Kier alpha value is -1.56. The van der Waals surface area contributed by atoms with Gasteiger partial charge in [0.25, 0.3) is 0 Å². The molecule has 2 aromatic rings. The Bertz CT molecular complexity index is 882. The minimum Gasteiger partial charge on any atom is -0.0585 e. The third kappa shape index (κ3) is 6.24. The zero-order valence-electron chi connectivity index (χ0n) is 22.7. The monoisotopic (exact) mass is 420 g/mol. The highest BCUT2D eigenvalue weighted by Gasteiger charge is 2.30. The van der Waals surface area contributed by atoms with Crippen LogP contribution in [0.4, 0.5) is 0 Å². The smallest absolute Gasteiger partial charge is 0.0126 e. The number of hydrogen-bond acceptors (Lipinski definition) is 0. The lowest BCUT2D eigenvalue weighted by Crippen LogP contribution is -2.26. The second kappa shape index (κ2) is 8.42. The maximum Gasteiger partial charge on any atom is -0.0126 e. The van der Waals surface area contributed by atoms with E-state index in [2.05, 4.69) is 126 Å². The molecule has 0 aliphatic rings. The molecule has 0 aromatic heterocycles. The molecule has 0 N–H and O–H groups in total. The topological polar surface area (TPSA) is 0 Å². The van der Waals surface area contributed by atoms with E-state index >= 15 is 0 Å². The van der Waals surface area contributed by atoms with E-state index in [1.54, 1.807) is 5.56 Å². The SMILES string of the molecule is CC(Cc1cc(C(C)(C)C)cc(C(C)(C)C)c1C(C)(C)C)c1ccc(C(C)(C)C)cc1. The molecule has 1 atom stereocenters. The average Bonchev–Trinajstić information content (AvgIpc) is 2.57. The van der Waals surface area contributed by atoms with Gasteiger partial charge in [0.2, 0.25) is 0 Å². The van der Waals surface area contributed by atoms with Crippen molar-refractivity contribution in [3.8, 4) is 0 Å². The van der Waals surface area contributed by atoms with Crippen molar-refractivity contribution in [1.29, 1.82) is 0 Å². The largest absolute Gasteiger partial charge is 0.0585 e. The summed E-state index contributed by atoms with van der Waals surface area (Å²) in [6, 6.07) is 14.3. The van der Waals surface area contributed by atoms with Crippen molar-refractivity contribution in [3.05, 3.63) is 69.8 Å². The van der Waals surface area contributed by atoms with Gasteiger partial charge in [-0.25, -0.2) is 0 Å². The Morgan fingerprint density at radius 3 is 1.45 bits per heavy atom. The van der Waals surface area contributed by atoms with Crippen LogP contribution in [0.25, 0.3) is 0 Å². The highest BCUT2D eigenvalue weighted by atomic mass is 14.3. The van der Waals surface area contributed by atoms with E-state index in [-0.39, 0.29) is 21.7 Å². The molecule has 172 valence electrons. The van der Waals surface area contributed by atoms with E-state index in [1.165, 1.54) is 27.8 Å². The van der Waals surface area contributed by atoms with Crippen molar-refractivity contribution in [2.24, 2.45) is 0 Å².